The zero-order chi connectivity index (χ0) is 13.4. The first-order valence-corrected chi connectivity index (χ1v) is 6.31. The van der Waals surface area contributed by atoms with Gasteiger partial charge in [0.2, 0.25) is 5.91 Å². The quantitative estimate of drug-likeness (QED) is 0.777. The summed E-state index contributed by atoms with van der Waals surface area (Å²) in [6, 6.07) is 7.87. The third kappa shape index (κ3) is 4.47. The van der Waals surface area contributed by atoms with E-state index in [1.165, 1.54) is 0 Å². The summed E-state index contributed by atoms with van der Waals surface area (Å²) in [7, 11) is 1.57. The summed E-state index contributed by atoms with van der Waals surface area (Å²) in [5.74, 6) is -0.0594. The number of hydrogen-bond donors (Lipinski definition) is 2. The minimum absolute atomic E-state index is 0.0594. The second kappa shape index (κ2) is 7.84. The summed E-state index contributed by atoms with van der Waals surface area (Å²) in [6.45, 7) is 2.47. The van der Waals surface area contributed by atoms with Crippen LogP contribution < -0.4 is 11.1 Å². The van der Waals surface area contributed by atoms with E-state index in [-0.39, 0.29) is 18.4 Å². The van der Waals surface area contributed by atoms with Crippen LogP contribution in [0.3, 0.4) is 0 Å². The fourth-order valence-electron chi connectivity index (χ4n) is 1.80. The number of aryl methyl sites for hydroxylation is 1. The number of rotatable bonds is 7. The molecule has 1 atom stereocenters. The normalized spacial score (nSPS) is 12.2. The number of nitrogens with one attached hydrogen (secondary N) is 1. The van der Waals surface area contributed by atoms with Crippen LogP contribution in [0.15, 0.2) is 24.3 Å². The van der Waals surface area contributed by atoms with Crippen LogP contribution in [-0.4, -0.2) is 25.7 Å². The first-order chi connectivity index (χ1) is 8.71. The zero-order valence-corrected chi connectivity index (χ0v) is 11.1. The van der Waals surface area contributed by atoms with E-state index in [1.54, 1.807) is 7.11 Å². The van der Waals surface area contributed by atoms with Crippen LogP contribution in [-0.2, 0) is 16.0 Å². The lowest BCUT2D eigenvalue weighted by Crippen LogP contribution is -2.28. The van der Waals surface area contributed by atoms with Gasteiger partial charge in [-0.05, 0) is 18.1 Å². The number of nitrogens with two attached hydrogens (primary N) is 1. The van der Waals surface area contributed by atoms with Gasteiger partial charge in [-0.25, -0.2) is 0 Å². The largest absolute Gasteiger partial charge is 0.380 e. The molecule has 4 heteroatoms. The Morgan fingerprint density at radius 2 is 2.17 bits per heavy atom. The number of hydrogen-bond acceptors (Lipinski definition) is 3. The Morgan fingerprint density at radius 3 is 2.78 bits per heavy atom. The second-order valence-corrected chi connectivity index (χ2v) is 4.25. The van der Waals surface area contributed by atoms with Gasteiger partial charge in [0.15, 0.2) is 0 Å². The van der Waals surface area contributed by atoms with Crippen molar-refractivity contribution in [3.8, 4) is 0 Å². The van der Waals surface area contributed by atoms with E-state index >= 15 is 0 Å². The number of methoxy groups -OCH3 is 1. The molecule has 0 saturated carbocycles. The average Bonchev–Trinajstić information content (AvgIpc) is 2.38. The van der Waals surface area contributed by atoms with Crippen molar-refractivity contribution in [2.24, 2.45) is 5.73 Å². The molecule has 0 aliphatic rings. The Balaban J connectivity index is 2.63. The van der Waals surface area contributed by atoms with Crippen LogP contribution >= 0.6 is 0 Å². The fraction of sp³-hybridized carbons (Fsp3) is 0.500. The topological polar surface area (TPSA) is 64.4 Å². The number of para-hydroxylation sites is 1. The van der Waals surface area contributed by atoms with Gasteiger partial charge in [-0.2, -0.15) is 0 Å². The van der Waals surface area contributed by atoms with Crippen molar-refractivity contribution in [2.75, 3.05) is 19.0 Å². The van der Waals surface area contributed by atoms with Crippen LogP contribution in [0, 0.1) is 0 Å². The molecule has 0 saturated heterocycles. The monoisotopic (exact) mass is 250 g/mol. The maximum atomic E-state index is 11.9. The average molecular weight is 250 g/mol. The van der Waals surface area contributed by atoms with Gasteiger partial charge in [-0.15, -0.1) is 0 Å². The minimum atomic E-state index is -0.219. The number of amides is 1. The van der Waals surface area contributed by atoms with Crippen molar-refractivity contribution in [1.29, 1.82) is 0 Å². The van der Waals surface area contributed by atoms with Crippen molar-refractivity contribution in [3.63, 3.8) is 0 Å². The van der Waals surface area contributed by atoms with Crippen LogP contribution in [0.1, 0.15) is 25.3 Å². The predicted octanol–water partition coefficient (Wildman–Crippen LogP) is 1.94. The van der Waals surface area contributed by atoms with Crippen LogP contribution in [0.25, 0.3) is 0 Å². The molecule has 0 aliphatic heterocycles. The van der Waals surface area contributed by atoms with Crippen molar-refractivity contribution in [2.45, 2.75) is 32.3 Å². The summed E-state index contributed by atoms with van der Waals surface area (Å²) < 4.78 is 5.10. The highest BCUT2D eigenvalue weighted by Crippen LogP contribution is 2.17. The Kier molecular flexibility index (Phi) is 6.39. The third-order valence-electron chi connectivity index (χ3n) is 2.82. The van der Waals surface area contributed by atoms with Crippen molar-refractivity contribution in [1.82, 2.24) is 0 Å². The van der Waals surface area contributed by atoms with Gasteiger partial charge in [0.1, 0.15) is 0 Å². The maximum Gasteiger partial charge on any atom is 0.227 e. The molecule has 0 fully saturated rings. The van der Waals surface area contributed by atoms with Gasteiger partial charge < -0.3 is 15.8 Å². The Hall–Kier alpha value is -1.39. The standard InChI is InChI=1S/C14H22N2O2/c1-3-6-11-7-4-5-8-13(11)16-14(17)9-12(10-15)18-2/h4-5,7-8,12H,3,6,9-10,15H2,1-2H3,(H,16,17). The lowest BCUT2D eigenvalue weighted by atomic mass is 10.1. The molecule has 4 nitrogen and oxygen atoms in total. The van der Waals surface area contributed by atoms with Gasteiger partial charge in [0.25, 0.3) is 0 Å². The lowest BCUT2D eigenvalue weighted by Gasteiger charge is -2.14. The highest BCUT2D eigenvalue weighted by atomic mass is 16.5. The van der Waals surface area contributed by atoms with E-state index in [9.17, 15) is 4.79 Å². The number of benzene rings is 1. The van der Waals surface area contributed by atoms with Gasteiger partial charge in [0, 0.05) is 19.3 Å². The fourth-order valence-corrected chi connectivity index (χ4v) is 1.80. The Morgan fingerprint density at radius 1 is 1.44 bits per heavy atom. The molecule has 0 aliphatic carbocycles. The highest BCUT2D eigenvalue weighted by molar-refractivity contribution is 5.91. The molecule has 1 aromatic rings. The molecule has 1 amide bonds. The van der Waals surface area contributed by atoms with E-state index in [4.69, 9.17) is 10.5 Å². The van der Waals surface area contributed by atoms with E-state index in [2.05, 4.69) is 12.2 Å². The molecule has 0 heterocycles. The van der Waals surface area contributed by atoms with E-state index in [0.29, 0.717) is 6.54 Å². The molecule has 100 valence electrons. The summed E-state index contributed by atoms with van der Waals surface area (Å²) >= 11 is 0. The lowest BCUT2D eigenvalue weighted by molar-refractivity contribution is -0.118. The summed E-state index contributed by atoms with van der Waals surface area (Å²) in [4.78, 5) is 11.9. The van der Waals surface area contributed by atoms with Crippen LogP contribution in [0.5, 0.6) is 0 Å². The first kappa shape index (κ1) is 14.7. The van der Waals surface area contributed by atoms with Crippen molar-refractivity contribution < 1.29 is 9.53 Å². The van der Waals surface area contributed by atoms with Crippen molar-refractivity contribution >= 4 is 11.6 Å². The molecule has 0 spiro atoms. The van der Waals surface area contributed by atoms with E-state index in [1.807, 2.05) is 24.3 Å². The summed E-state index contributed by atoms with van der Waals surface area (Å²) in [6.07, 6.45) is 2.08. The molecule has 0 radical (unpaired) electrons. The molecular weight excluding hydrogens is 228 g/mol. The molecule has 18 heavy (non-hydrogen) atoms. The van der Waals surface area contributed by atoms with Crippen LogP contribution in [0.2, 0.25) is 0 Å². The molecule has 1 aromatic carbocycles. The first-order valence-electron chi connectivity index (χ1n) is 6.31. The van der Waals surface area contributed by atoms with Crippen molar-refractivity contribution in [3.05, 3.63) is 29.8 Å². The van der Waals surface area contributed by atoms with Gasteiger partial charge in [-0.3, -0.25) is 4.79 Å². The van der Waals surface area contributed by atoms with E-state index < -0.39 is 0 Å². The second-order valence-electron chi connectivity index (χ2n) is 4.25. The van der Waals surface area contributed by atoms with Gasteiger partial charge in [0.05, 0.1) is 12.5 Å². The molecule has 0 aromatic heterocycles. The number of anilines is 1. The number of ether oxygens (including phenoxy) is 1. The highest BCUT2D eigenvalue weighted by Gasteiger charge is 2.12. The molecule has 0 bridgehead atoms. The third-order valence-corrected chi connectivity index (χ3v) is 2.82. The molecular formula is C14H22N2O2. The molecule has 1 unspecified atom stereocenters. The summed E-state index contributed by atoms with van der Waals surface area (Å²) in [5.41, 5.74) is 7.55. The van der Waals surface area contributed by atoms with Gasteiger partial charge in [-0.1, -0.05) is 31.5 Å². The Labute approximate surface area is 109 Å². The smallest absolute Gasteiger partial charge is 0.227 e. The summed E-state index contributed by atoms with van der Waals surface area (Å²) in [5, 5.41) is 2.92. The zero-order valence-electron chi connectivity index (χ0n) is 11.1. The molecule has 1 rings (SSSR count). The van der Waals surface area contributed by atoms with Gasteiger partial charge >= 0.3 is 0 Å². The maximum absolute atomic E-state index is 11.9. The number of carbonyl (C=O) groups is 1. The van der Waals surface area contributed by atoms with Crippen LogP contribution in [0.4, 0.5) is 5.69 Å². The predicted molar refractivity (Wildman–Crippen MR) is 73.5 cm³/mol. The minimum Gasteiger partial charge on any atom is -0.380 e. The van der Waals surface area contributed by atoms with E-state index in [0.717, 1.165) is 24.1 Å². The Bertz CT molecular complexity index is 376. The molecule has 3 N–H and O–H groups in total. The number of carbonyl (C=O) groups excluding carboxylic acids is 1. The SMILES string of the molecule is CCCc1ccccc1NC(=O)CC(CN)OC.